The second kappa shape index (κ2) is 12.9. The molecule has 0 spiro atoms. The van der Waals surface area contributed by atoms with E-state index in [-0.39, 0.29) is 5.97 Å². The Kier molecular flexibility index (Phi) is 11.4. The van der Waals surface area contributed by atoms with Gasteiger partial charge in [-0.05, 0) is 19.3 Å². The van der Waals surface area contributed by atoms with E-state index in [0.717, 1.165) is 12.8 Å². The lowest BCUT2D eigenvalue weighted by Crippen LogP contribution is -1.99. The molecule has 0 N–H and O–H groups in total. The van der Waals surface area contributed by atoms with Crippen LogP contribution in [0.3, 0.4) is 0 Å². The highest BCUT2D eigenvalue weighted by Crippen LogP contribution is 2.31. The van der Waals surface area contributed by atoms with Crippen molar-refractivity contribution in [2.75, 3.05) is 7.11 Å². The zero-order valence-corrected chi connectivity index (χ0v) is 14.8. The minimum absolute atomic E-state index is 0.0753. The number of hydrogen-bond donors (Lipinski definition) is 0. The number of unbranched alkanes of at least 4 members (excludes halogenated alkanes) is 9. The molecule has 1 rings (SSSR count). The topological polar surface area (TPSA) is 38.8 Å². The van der Waals surface area contributed by atoms with Gasteiger partial charge in [-0.3, -0.25) is 4.79 Å². The summed E-state index contributed by atoms with van der Waals surface area (Å²) >= 11 is 0. The molecule has 1 fully saturated rings. The second-order valence-corrected chi connectivity index (χ2v) is 6.65. The maximum atomic E-state index is 10.9. The van der Waals surface area contributed by atoms with Gasteiger partial charge in [0.05, 0.1) is 19.3 Å². The predicted molar refractivity (Wildman–Crippen MR) is 91.0 cm³/mol. The van der Waals surface area contributed by atoms with Crippen molar-refractivity contribution >= 4 is 5.97 Å². The molecule has 3 nitrogen and oxygen atoms in total. The van der Waals surface area contributed by atoms with Crippen LogP contribution in [0.4, 0.5) is 0 Å². The van der Waals surface area contributed by atoms with Gasteiger partial charge in [-0.1, -0.05) is 71.1 Å². The molecule has 22 heavy (non-hydrogen) atoms. The van der Waals surface area contributed by atoms with E-state index < -0.39 is 0 Å². The number of rotatable bonds is 15. The van der Waals surface area contributed by atoms with Crippen LogP contribution in [0.5, 0.6) is 0 Å². The van der Waals surface area contributed by atoms with Crippen LogP contribution < -0.4 is 0 Å². The first-order valence-corrected chi connectivity index (χ1v) is 9.50. The van der Waals surface area contributed by atoms with Crippen LogP contribution in [0, 0.1) is 0 Å². The van der Waals surface area contributed by atoms with Crippen LogP contribution in [-0.2, 0) is 14.3 Å². The van der Waals surface area contributed by atoms with E-state index in [1.54, 1.807) is 0 Å². The molecule has 0 unspecified atom stereocenters. The Labute approximate surface area is 137 Å². The summed E-state index contributed by atoms with van der Waals surface area (Å²) in [4.78, 5) is 10.9. The minimum Gasteiger partial charge on any atom is -0.469 e. The number of esters is 1. The fourth-order valence-corrected chi connectivity index (χ4v) is 3.06. The van der Waals surface area contributed by atoms with Gasteiger partial charge in [-0.25, -0.2) is 0 Å². The van der Waals surface area contributed by atoms with Crippen molar-refractivity contribution in [3.05, 3.63) is 0 Å². The number of ether oxygens (including phenoxy) is 2. The van der Waals surface area contributed by atoms with Crippen molar-refractivity contribution in [3.63, 3.8) is 0 Å². The zero-order valence-electron chi connectivity index (χ0n) is 14.8. The molecular weight excluding hydrogens is 276 g/mol. The van der Waals surface area contributed by atoms with Crippen LogP contribution >= 0.6 is 0 Å². The van der Waals surface area contributed by atoms with E-state index in [9.17, 15) is 4.79 Å². The number of carbonyl (C=O) groups excluding carboxylic acids is 1. The molecule has 0 saturated carbocycles. The van der Waals surface area contributed by atoms with Crippen molar-refractivity contribution in [1.29, 1.82) is 0 Å². The van der Waals surface area contributed by atoms with Gasteiger partial charge in [0.15, 0.2) is 0 Å². The normalized spacial score (nSPS) is 20.1. The van der Waals surface area contributed by atoms with E-state index in [0.29, 0.717) is 18.6 Å². The molecule has 0 aromatic rings. The largest absolute Gasteiger partial charge is 0.469 e. The van der Waals surface area contributed by atoms with Gasteiger partial charge in [0.2, 0.25) is 0 Å². The Hall–Kier alpha value is -0.570. The van der Waals surface area contributed by atoms with Gasteiger partial charge in [0.1, 0.15) is 0 Å². The summed E-state index contributed by atoms with van der Waals surface area (Å²) in [6.45, 7) is 2.26. The maximum absolute atomic E-state index is 10.9. The minimum atomic E-state index is -0.0753. The Morgan fingerprint density at radius 1 is 0.818 bits per heavy atom. The smallest absolute Gasteiger partial charge is 0.305 e. The quantitative estimate of drug-likeness (QED) is 0.230. The van der Waals surface area contributed by atoms with Gasteiger partial charge in [-0.15, -0.1) is 0 Å². The Balaban J connectivity index is 1.75. The van der Waals surface area contributed by atoms with Gasteiger partial charge in [-0.2, -0.15) is 0 Å². The summed E-state index contributed by atoms with van der Waals surface area (Å²) in [5.41, 5.74) is 0. The van der Waals surface area contributed by atoms with Crippen LogP contribution in [0.25, 0.3) is 0 Å². The molecule has 0 amide bonds. The van der Waals surface area contributed by atoms with Crippen molar-refractivity contribution < 1.29 is 14.3 Å². The van der Waals surface area contributed by atoms with E-state index >= 15 is 0 Å². The SMILES string of the molecule is CCCCCC[C@@H]1O[C@H]1CCCCCCCCCC(=O)OC. The lowest BCUT2D eigenvalue weighted by atomic mass is 10.0. The first-order chi connectivity index (χ1) is 10.8. The molecule has 1 heterocycles. The van der Waals surface area contributed by atoms with E-state index in [1.807, 2.05) is 0 Å². The van der Waals surface area contributed by atoms with E-state index in [4.69, 9.17) is 4.74 Å². The summed E-state index contributed by atoms with van der Waals surface area (Å²) < 4.78 is 10.4. The molecule has 0 aromatic heterocycles. The third-order valence-corrected chi connectivity index (χ3v) is 4.63. The Bertz CT molecular complexity index is 278. The standard InChI is InChI=1S/C19H36O3/c1-3-4-5-11-14-17-18(22-17)15-12-9-7-6-8-10-13-16-19(20)21-2/h17-18H,3-16H2,1-2H3/t17-,18-/m0/s1. The highest BCUT2D eigenvalue weighted by atomic mass is 16.6. The van der Waals surface area contributed by atoms with Crippen LogP contribution in [0.2, 0.25) is 0 Å². The van der Waals surface area contributed by atoms with Crippen molar-refractivity contribution in [3.8, 4) is 0 Å². The van der Waals surface area contributed by atoms with Gasteiger partial charge in [0, 0.05) is 6.42 Å². The van der Waals surface area contributed by atoms with Crippen LogP contribution in [0.1, 0.15) is 96.8 Å². The number of methoxy groups -OCH3 is 1. The summed E-state index contributed by atoms with van der Waals surface area (Å²) in [5, 5.41) is 0. The molecule has 0 aliphatic carbocycles. The van der Waals surface area contributed by atoms with Crippen LogP contribution in [0.15, 0.2) is 0 Å². The van der Waals surface area contributed by atoms with E-state index in [2.05, 4.69) is 11.7 Å². The zero-order chi connectivity index (χ0) is 16.0. The molecular formula is C19H36O3. The monoisotopic (exact) mass is 312 g/mol. The van der Waals surface area contributed by atoms with E-state index in [1.165, 1.54) is 77.7 Å². The first kappa shape index (κ1) is 19.5. The Morgan fingerprint density at radius 3 is 1.86 bits per heavy atom. The molecule has 1 saturated heterocycles. The summed E-state index contributed by atoms with van der Waals surface area (Å²) in [7, 11) is 1.46. The van der Waals surface area contributed by atoms with Gasteiger partial charge < -0.3 is 9.47 Å². The van der Waals surface area contributed by atoms with Gasteiger partial charge >= 0.3 is 5.97 Å². The maximum Gasteiger partial charge on any atom is 0.305 e. The average Bonchev–Trinajstić information content (AvgIpc) is 3.28. The summed E-state index contributed by atoms with van der Waals surface area (Å²) in [6.07, 6.45) is 18.4. The fourth-order valence-electron chi connectivity index (χ4n) is 3.06. The molecule has 2 atom stereocenters. The molecule has 3 heteroatoms. The van der Waals surface area contributed by atoms with Crippen LogP contribution in [-0.4, -0.2) is 25.3 Å². The number of epoxide rings is 1. The molecule has 0 bridgehead atoms. The molecule has 0 aromatic carbocycles. The lowest BCUT2D eigenvalue weighted by molar-refractivity contribution is -0.140. The third-order valence-electron chi connectivity index (χ3n) is 4.63. The Morgan fingerprint density at radius 2 is 1.32 bits per heavy atom. The summed E-state index contributed by atoms with van der Waals surface area (Å²) in [5.74, 6) is -0.0753. The summed E-state index contributed by atoms with van der Waals surface area (Å²) in [6, 6.07) is 0. The molecule has 1 aliphatic rings. The number of hydrogen-bond acceptors (Lipinski definition) is 3. The van der Waals surface area contributed by atoms with Crippen molar-refractivity contribution in [2.45, 2.75) is 109 Å². The first-order valence-electron chi connectivity index (χ1n) is 9.50. The average molecular weight is 312 g/mol. The van der Waals surface area contributed by atoms with Gasteiger partial charge in [0.25, 0.3) is 0 Å². The second-order valence-electron chi connectivity index (χ2n) is 6.65. The number of carbonyl (C=O) groups is 1. The van der Waals surface area contributed by atoms with Crippen molar-refractivity contribution in [2.24, 2.45) is 0 Å². The fraction of sp³-hybridized carbons (Fsp3) is 0.947. The highest BCUT2D eigenvalue weighted by molar-refractivity contribution is 5.68. The van der Waals surface area contributed by atoms with Crippen molar-refractivity contribution in [1.82, 2.24) is 0 Å². The molecule has 1 aliphatic heterocycles. The predicted octanol–water partition coefficient (Wildman–Crippen LogP) is 5.41. The highest BCUT2D eigenvalue weighted by Gasteiger charge is 2.36. The third kappa shape index (κ3) is 10.2. The lowest BCUT2D eigenvalue weighted by Gasteiger charge is -2.01. The molecule has 0 radical (unpaired) electrons. The molecule has 130 valence electrons.